The van der Waals surface area contributed by atoms with Gasteiger partial charge in [0.25, 0.3) is 5.91 Å². The molecule has 1 amide bonds. The molecule has 0 saturated heterocycles. The molecule has 0 aliphatic heterocycles. The molecule has 0 spiro atoms. The van der Waals surface area contributed by atoms with Crippen LogP contribution in [0.4, 0.5) is 0 Å². The Bertz CT molecular complexity index is 977. The number of nitrogens with one attached hydrogen (secondary N) is 2. The first-order valence-corrected chi connectivity index (χ1v) is 9.37. The lowest BCUT2D eigenvalue weighted by Crippen LogP contribution is -2.25. The molecule has 1 aromatic carbocycles. The van der Waals surface area contributed by atoms with Gasteiger partial charge in [0, 0.05) is 24.9 Å². The van der Waals surface area contributed by atoms with Crippen molar-refractivity contribution in [3.63, 3.8) is 0 Å². The van der Waals surface area contributed by atoms with Crippen molar-refractivity contribution in [1.29, 1.82) is 0 Å². The van der Waals surface area contributed by atoms with Gasteiger partial charge in [-0.25, -0.2) is 0 Å². The Morgan fingerprint density at radius 2 is 2.12 bits per heavy atom. The van der Waals surface area contributed by atoms with E-state index in [1.807, 2.05) is 19.2 Å². The quantitative estimate of drug-likeness (QED) is 0.606. The highest BCUT2D eigenvalue weighted by Crippen LogP contribution is 2.32. The summed E-state index contributed by atoms with van der Waals surface area (Å²) in [5, 5.41) is 10.7. The molecule has 25 heavy (non-hydrogen) atoms. The van der Waals surface area contributed by atoms with Crippen LogP contribution in [0.5, 0.6) is 0 Å². The van der Waals surface area contributed by atoms with E-state index in [-0.39, 0.29) is 5.91 Å². The fraction of sp³-hybridized carbons (Fsp3) is 0.188. The molecule has 130 valence electrons. The first-order valence-electron chi connectivity index (χ1n) is 7.39. The standard InChI is InChI=1S/C16H14Cl2N4OS2/c1-22-14(20-21-16(22)24)6-7-19-15(23)13-5-4-12(25-13)9-2-3-10(17)11(18)8-9/h2-5,8H,6-7H2,1H3,(H,19,23)(H,21,24). The minimum Gasteiger partial charge on any atom is -0.351 e. The van der Waals surface area contributed by atoms with E-state index in [0.29, 0.717) is 32.7 Å². The summed E-state index contributed by atoms with van der Waals surface area (Å²) in [6.45, 7) is 0.478. The number of benzene rings is 1. The molecule has 3 aromatic rings. The highest BCUT2D eigenvalue weighted by molar-refractivity contribution is 7.71. The fourth-order valence-corrected chi connectivity index (χ4v) is 3.61. The van der Waals surface area contributed by atoms with E-state index >= 15 is 0 Å². The molecule has 0 atom stereocenters. The molecule has 2 aromatic heterocycles. The number of thiophene rings is 1. The van der Waals surface area contributed by atoms with E-state index in [1.54, 1.807) is 22.8 Å². The predicted molar refractivity (Wildman–Crippen MR) is 104 cm³/mol. The molecular weight excluding hydrogens is 399 g/mol. The summed E-state index contributed by atoms with van der Waals surface area (Å²) in [5.41, 5.74) is 0.931. The summed E-state index contributed by atoms with van der Waals surface area (Å²) in [6.07, 6.45) is 0.598. The summed E-state index contributed by atoms with van der Waals surface area (Å²) < 4.78 is 2.35. The smallest absolute Gasteiger partial charge is 0.261 e. The molecule has 0 bridgehead atoms. The molecule has 5 nitrogen and oxygen atoms in total. The van der Waals surface area contributed by atoms with Gasteiger partial charge in [0.1, 0.15) is 5.82 Å². The van der Waals surface area contributed by atoms with Crippen LogP contribution in [-0.4, -0.2) is 27.2 Å². The number of aromatic nitrogens is 3. The van der Waals surface area contributed by atoms with E-state index < -0.39 is 0 Å². The maximum Gasteiger partial charge on any atom is 0.261 e. The van der Waals surface area contributed by atoms with E-state index in [4.69, 9.17) is 35.4 Å². The Labute approximate surface area is 163 Å². The largest absolute Gasteiger partial charge is 0.351 e. The number of H-pyrrole nitrogens is 1. The van der Waals surface area contributed by atoms with Crippen LogP contribution in [0.2, 0.25) is 10.0 Å². The van der Waals surface area contributed by atoms with Gasteiger partial charge in [-0.1, -0.05) is 29.3 Å². The minimum atomic E-state index is -0.118. The predicted octanol–water partition coefficient (Wildman–Crippen LogP) is 4.49. The van der Waals surface area contributed by atoms with Crippen LogP contribution in [-0.2, 0) is 13.5 Å². The van der Waals surface area contributed by atoms with Crippen LogP contribution in [0.3, 0.4) is 0 Å². The summed E-state index contributed by atoms with van der Waals surface area (Å²) in [7, 11) is 1.84. The molecule has 3 rings (SSSR count). The second kappa shape index (κ2) is 7.70. The van der Waals surface area contributed by atoms with E-state index in [9.17, 15) is 4.79 Å². The van der Waals surface area contributed by atoms with Crippen molar-refractivity contribution >= 4 is 52.7 Å². The fourth-order valence-electron chi connectivity index (χ4n) is 2.24. The summed E-state index contributed by atoms with van der Waals surface area (Å²) in [5.74, 6) is 0.682. The number of rotatable bonds is 5. The third kappa shape index (κ3) is 4.12. The summed E-state index contributed by atoms with van der Waals surface area (Å²) in [6, 6.07) is 9.12. The number of amides is 1. The summed E-state index contributed by atoms with van der Waals surface area (Å²) >= 11 is 18.5. The molecule has 0 fully saturated rings. The van der Waals surface area contributed by atoms with Crippen LogP contribution in [0, 0.1) is 4.77 Å². The first kappa shape index (κ1) is 18.1. The van der Waals surface area contributed by atoms with Crippen LogP contribution in [0.1, 0.15) is 15.5 Å². The van der Waals surface area contributed by atoms with E-state index in [1.165, 1.54) is 11.3 Å². The molecule has 0 aliphatic carbocycles. The average Bonchev–Trinajstić information content (AvgIpc) is 3.20. The Hall–Kier alpha value is -1.67. The van der Waals surface area contributed by atoms with Crippen LogP contribution in [0.25, 0.3) is 10.4 Å². The number of hydrogen-bond acceptors (Lipinski definition) is 4. The Balaban J connectivity index is 1.63. The van der Waals surface area contributed by atoms with Crippen LogP contribution in [0.15, 0.2) is 30.3 Å². The normalized spacial score (nSPS) is 10.8. The lowest BCUT2D eigenvalue weighted by molar-refractivity contribution is 0.0958. The van der Waals surface area contributed by atoms with Crippen molar-refractivity contribution in [2.24, 2.45) is 7.05 Å². The molecule has 2 heterocycles. The zero-order chi connectivity index (χ0) is 18.0. The van der Waals surface area contributed by atoms with Gasteiger partial charge >= 0.3 is 0 Å². The molecule has 9 heteroatoms. The van der Waals surface area contributed by atoms with Gasteiger partial charge in [0.05, 0.1) is 14.9 Å². The Morgan fingerprint density at radius 1 is 1.32 bits per heavy atom. The SMILES string of the molecule is Cn1c(CCNC(=O)c2ccc(-c3ccc(Cl)c(Cl)c3)s2)n[nH]c1=S. The van der Waals surface area contributed by atoms with Crippen LogP contribution < -0.4 is 5.32 Å². The summed E-state index contributed by atoms with van der Waals surface area (Å²) in [4.78, 5) is 13.9. The first-order chi connectivity index (χ1) is 12.0. The van der Waals surface area contributed by atoms with Gasteiger partial charge < -0.3 is 9.88 Å². The van der Waals surface area contributed by atoms with E-state index in [2.05, 4.69) is 15.5 Å². The van der Waals surface area contributed by atoms with Gasteiger partial charge in [0.2, 0.25) is 0 Å². The number of nitrogens with zero attached hydrogens (tertiary/aromatic N) is 2. The molecule has 0 aliphatic rings. The lowest BCUT2D eigenvalue weighted by Gasteiger charge is -2.03. The Kier molecular flexibility index (Phi) is 5.58. The van der Waals surface area contributed by atoms with Crippen molar-refractivity contribution in [3.8, 4) is 10.4 Å². The van der Waals surface area contributed by atoms with Gasteiger partial charge in [-0.05, 0) is 42.0 Å². The molecule has 0 saturated carbocycles. The van der Waals surface area contributed by atoms with Crippen molar-refractivity contribution in [3.05, 3.63) is 55.8 Å². The van der Waals surface area contributed by atoms with Crippen molar-refractivity contribution in [2.45, 2.75) is 6.42 Å². The zero-order valence-corrected chi connectivity index (χ0v) is 16.3. The number of aromatic amines is 1. The number of halogens is 2. The third-order valence-electron chi connectivity index (χ3n) is 3.64. The highest BCUT2D eigenvalue weighted by atomic mass is 35.5. The molecular formula is C16H14Cl2N4OS2. The maximum absolute atomic E-state index is 12.3. The number of carbonyl (C=O) groups excluding carboxylic acids is 1. The van der Waals surface area contributed by atoms with Crippen molar-refractivity contribution in [2.75, 3.05) is 6.54 Å². The maximum atomic E-state index is 12.3. The lowest BCUT2D eigenvalue weighted by atomic mass is 10.2. The van der Waals surface area contributed by atoms with Gasteiger partial charge in [0.15, 0.2) is 4.77 Å². The Morgan fingerprint density at radius 3 is 2.80 bits per heavy atom. The van der Waals surface area contributed by atoms with Gasteiger partial charge in [-0.15, -0.1) is 11.3 Å². The van der Waals surface area contributed by atoms with Crippen molar-refractivity contribution in [1.82, 2.24) is 20.1 Å². The second-order valence-electron chi connectivity index (χ2n) is 5.30. The zero-order valence-electron chi connectivity index (χ0n) is 13.2. The minimum absolute atomic E-state index is 0.118. The third-order valence-corrected chi connectivity index (χ3v) is 5.88. The number of carbonyl (C=O) groups is 1. The topological polar surface area (TPSA) is 62.7 Å². The van der Waals surface area contributed by atoms with Crippen LogP contribution >= 0.6 is 46.8 Å². The highest BCUT2D eigenvalue weighted by Gasteiger charge is 2.11. The molecule has 0 radical (unpaired) electrons. The second-order valence-corrected chi connectivity index (χ2v) is 7.59. The monoisotopic (exact) mass is 412 g/mol. The average molecular weight is 413 g/mol. The number of hydrogen-bond donors (Lipinski definition) is 2. The van der Waals surface area contributed by atoms with E-state index in [0.717, 1.165) is 16.3 Å². The molecule has 0 unspecified atom stereocenters. The van der Waals surface area contributed by atoms with Crippen molar-refractivity contribution < 1.29 is 4.79 Å². The van der Waals surface area contributed by atoms with Gasteiger partial charge in [-0.2, -0.15) is 5.10 Å². The molecule has 2 N–H and O–H groups in total. The van der Waals surface area contributed by atoms with Gasteiger partial charge in [-0.3, -0.25) is 9.89 Å².